The van der Waals surface area contributed by atoms with Gasteiger partial charge in [-0.2, -0.15) is 0 Å². The van der Waals surface area contributed by atoms with E-state index in [1.807, 2.05) is 12.1 Å². The maximum absolute atomic E-state index is 14.4. The van der Waals surface area contributed by atoms with Gasteiger partial charge in [-0.1, -0.05) is 42.8 Å². The lowest BCUT2D eigenvalue weighted by Crippen LogP contribution is -2.69. The number of aliphatic hydroxyl groups excluding tert-OH is 2. The molecule has 11 heteroatoms. The van der Waals surface area contributed by atoms with E-state index in [-0.39, 0.29) is 50.3 Å². The van der Waals surface area contributed by atoms with Crippen LogP contribution in [0.15, 0.2) is 78.5 Å². The lowest BCUT2D eigenvalue weighted by atomic mass is 9.55. The second-order valence-corrected chi connectivity index (χ2v) is 13.5. The van der Waals surface area contributed by atoms with Crippen LogP contribution in [0.25, 0.3) is 0 Å². The van der Waals surface area contributed by atoms with E-state index in [0.717, 1.165) is 42.5 Å². The standard InChI is InChI=1S/C40H50N2O9/c1-5-19-47-28-14-16-33-31(23-28)37-29(12-8-10-18-44)26(11-7-9-17-43)21-30-32(41-46-4)24-36(40(51-33,38(30)37)50-20-6-2)42(3)39(45)27-13-15-34-35(22-27)49-25-48-34/h5-6,13-16,21-23,26,29,36-38,43-44H,1-2,7-12,17-20,24-25H2,3-4H3. The highest BCUT2D eigenvalue weighted by Gasteiger charge is 2.65. The van der Waals surface area contributed by atoms with Crippen molar-refractivity contribution >= 4 is 11.6 Å². The van der Waals surface area contributed by atoms with Gasteiger partial charge in [0.05, 0.1) is 18.2 Å². The van der Waals surface area contributed by atoms with E-state index in [0.29, 0.717) is 54.4 Å². The first-order valence-corrected chi connectivity index (χ1v) is 17.9. The Morgan fingerprint density at radius 3 is 2.49 bits per heavy atom. The fourth-order valence-corrected chi connectivity index (χ4v) is 8.46. The van der Waals surface area contributed by atoms with E-state index in [9.17, 15) is 15.0 Å². The molecular weight excluding hydrogens is 652 g/mol. The van der Waals surface area contributed by atoms with E-state index in [1.165, 1.54) is 7.11 Å². The monoisotopic (exact) mass is 702 g/mol. The third kappa shape index (κ3) is 7.11. The van der Waals surface area contributed by atoms with Crippen LogP contribution in [0.2, 0.25) is 0 Å². The molecule has 6 rings (SSSR count). The summed E-state index contributed by atoms with van der Waals surface area (Å²) in [6.07, 6.45) is 10.8. The van der Waals surface area contributed by atoms with Crippen molar-refractivity contribution < 1.29 is 43.5 Å². The first kappa shape index (κ1) is 36.5. The molecular formula is C40H50N2O9. The molecule has 51 heavy (non-hydrogen) atoms. The van der Waals surface area contributed by atoms with Gasteiger partial charge in [0.15, 0.2) is 11.5 Å². The molecule has 2 heterocycles. The molecule has 274 valence electrons. The zero-order valence-electron chi connectivity index (χ0n) is 29.6. The Morgan fingerprint density at radius 2 is 1.75 bits per heavy atom. The Morgan fingerprint density at radius 1 is 1.00 bits per heavy atom. The molecule has 2 N–H and O–H groups in total. The summed E-state index contributed by atoms with van der Waals surface area (Å²) < 4.78 is 31.2. The summed E-state index contributed by atoms with van der Waals surface area (Å²) in [4.78, 5) is 21.6. The van der Waals surface area contributed by atoms with Gasteiger partial charge >= 0.3 is 0 Å². The van der Waals surface area contributed by atoms with Crippen molar-refractivity contribution in [2.45, 2.75) is 62.7 Å². The van der Waals surface area contributed by atoms with Gasteiger partial charge in [-0.3, -0.25) is 4.79 Å². The van der Waals surface area contributed by atoms with Crippen LogP contribution in [0.5, 0.6) is 23.0 Å². The summed E-state index contributed by atoms with van der Waals surface area (Å²) >= 11 is 0. The maximum atomic E-state index is 14.4. The van der Waals surface area contributed by atoms with Crippen molar-refractivity contribution in [2.24, 2.45) is 22.9 Å². The lowest BCUT2D eigenvalue weighted by Gasteiger charge is -2.59. The number of likely N-dealkylation sites (N-methyl/N-ethyl adjacent to an activating group) is 1. The lowest BCUT2D eigenvalue weighted by molar-refractivity contribution is -0.252. The molecule has 0 bridgehead atoms. The minimum absolute atomic E-state index is 0.104. The third-order valence-electron chi connectivity index (χ3n) is 10.6. The number of unbranched alkanes of at least 4 members (excludes halogenated alkanes) is 2. The largest absolute Gasteiger partial charge is 0.490 e. The SMILES string of the molecule is C=CCOc1ccc2c(c1)C1C(CCCCO)C(CCCCO)C=C3C(=NOC)CC(N(C)C(=O)c4ccc5c(c4)OCO5)C(OCC=C)(O2)C31. The van der Waals surface area contributed by atoms with E-state index < -0.39 is 17.7 Å². The highest BCUT2D eigenvalue weighted by atomic mass is 16.7. The quantitative estimate of drug-likeness (QED) is 0.116. The van der Waals surface area contributed by atoms with Gasteiger partial charge in [0.1, 0.15) is 31.3 Å². The number of aliphatic hydroxyl groups is 2. The molecule has 1 fully saturated rings. The molecule has 1 saturated carbocycles. The normalized spacial score (nSPS) is 26.3. The van der Waals surface area contributed by atoms with Crippen molar-refractivity contribution in [2.75, 3.05) is 47.4 Å². The maximum Gasteiger partial charge on any atom is 0.254 e. The number of hydrogen-bond acceptors (Lipinski definition) is 10. The van der Waals surface area contributed by atoms with E-state index in [1.54, 1.807) is 42.3 Å². The number of nitrogens with zero attached hydrogens (tertiary/aromatic N) is 2. The smallest absolute Gasteiger partial charge is 0.254 e. The third-order valence-corrected chi connectivity index (χ3v) is 10.6. The van der Waals surface area contributed by atoms with Crippen molar-refractivity contribution in [3.63, 3.8) is 0 Å². The van der Waals surface area contributed by atoms with E-state index in [4.69, 9.17) is 28.5 Å². The first-order valence-electron chi connectivity index (χ1n) is 17.9. The Kier molecular flexibility index (Phi) is 11.7. The molecule has 2 aliphatic carbocycles. The van der Waals surface area contributed by atoms with Gasteiger partial charge in [0.2, 0.25) is 12.6 Å². The first-order chi connectivity index (χ1) is 24.9. The summed E-state index contributed by atoms with van der Waals surface area (Å²) in [5.74, 6) is 0.628. The van der Waals surface area contributed by atoms with Crippen molar-refractivity contribution in [1.82, 2.24) is 4.90 Å². The highest BCUT2D eigenvalue weighted by molar-refractivity contribution is 6.03. The van der Waals surface area contributed by atoms with Crippen molar-refractivity contribution in [1.29, 1.82) is 0 Å². The van der Waals surface area contributed by atoms with Gasteiger partial charge in [-0.25, -0.2) is 0 Å². The van der Waals surface area contributed by atoms with Crippen LogP contribution < -0.4 is 18.9 Å². The molecule has 0 saturated heterocycles. The number of oxime groups is 1. The molecule has 2 aromatic carbocycles. The molecule has 2 aliphatic heterocycles. The predicted molar refractivity (Wildman–Crippen MR) is 192 cm³/mol. The van der Waals surface area contributed by atoms with Crippen LogP contribution in [0, 0.1) is 17.8 Å². The van der Waals surface area contributed by atoms with Gasteiger partial charge < -0.3 is 43.6 Å². The highest BCUT2D eigenvalue weighted by Crippen LogP contribution is 2.61. The van der Waals surface area contributed by atoms with Gasteiger partial charge in [-0.15, -0.1) is 6.58 Å². The molecule has 4 aliphatic rings. The zero-order chi connectivity index (χ0) is 36.0. The predicted octanol–water partition coefficient (Wildman–Crippen LogP) is 6.02. The zero-order valence-corrected chi connectivity index (χ0v) is 29.6. The molecule has 2 aromatic rings. The number of fused-ring (bicyclic) bond motifs is 3. The summed E-state index contributed by atoms with van der Waals surface area (Å²) in [7, 11) is 3.31. The Bertz CT molecular complexity index is 1640. The van der Waals surface area contributed by atoms with Gasteiger partial charge in [-0.05, 0) is 79.5 Å². The number of ether oxygens (including phenoxy) is 5. The number of carbonyl (C=O) groups excluding carboxylic acids is 1. The number of rotatable bonds is 17. The number of allylic oxidation sites excluding steroid dienone is 1. The summed E-state index contributed by atoms with van der Waals surface area (Å²) in [6, 6.07) is 10.4. The number of amides is 1. The molecule has 0 aromatic heterocycles. The molecule has 6 atom stereocenters. The molecule has 1 amide bonds. The van der Waals surface area contributed by atoms with Crippen molar-refractivity contribution in [3.05, 3.63) is 84.5 Å². The van der Waals surface area contributed by atoms with E-state index in [2.05, 4.69) is 30.5 Å². The fourth-order valence-electron chi connectivity index (χ4n) is 8.46. The number of hydrogen-bond donors (Lipinski definition) is 2. The average Bonchev–Trinajstić information content (AvgIpc) is 3.62. The molecule has 11 nitrogen and oxygen atoms in total. The topological polar surface area (TPSA) is 129 Å². The Labute approximate surface area is 300 Å². The summed E-state index contributed by atoms with van der Waals surface area (Å²) in [6.45, 7) is 8.67. The molecule has 6 unspecified atom stereocenters. The molecule has 0 radical (unpaired) electrons. The van der Waals surface area contributed by atoms with E-state index >= 15 is 0 Å². The minimum atomic E-state index is -1.33. The van der Waals surface area contributed by atoms with Gasteiger partial charge in [0, 0.05) is 43.7 Å². The van der Waals surface area contributed by atoms with Crippen molar-refractivity contribution in [3.8, 4) is 23.0 Å². The Hall–Kier alpha value is -4.32. The van der Waals surface area contributed by atoms with Crippen LogP contribution in [0.1, 0.15) is 66.8 Å². The summed E-state index contributed by atoms with van der Waals surface area (Å²) in [5, 5.41) is 24.1. The van der Waals surface area contributed by atoms with Gasteiger partial charge in [0.25, 0.3) is 5.91 Å². The summed E-state index contributed by atoms with van der Waals surface area (Å²) in [5.41, 5.74) is 3.14. The fraction of sp³-hybridized carbons (Fsp3) is 0.500. The van der Waals surface area contributed by atoms with Crippen LogP contribution in [-0.2, 0) is 9.57 Å². The molecule has 0 spiro atoms. The second-order valence-electron chi connectivity index (χ2n) is 13.5. The second kappa shape index (κ2) is 16.4. The van der Waals surface area contributed by atoms with Crippen LogP contribution in [0.3, 0.4) is 0 Å². The minimum Gasteiger partial charge on any atom is -0.490 e. The average molecular weight is 703 g/mol. The van der Waals surface area contributed by atoms with Crippen LogP contribution >= 0.6 is 0 Å². The van der Waals surface area contributed by atoms with Crippen LogP contribution in [0.4, 0.5) is 0 Å². The number of carbonyl (C=O) groups is 1. The van der Waals surface area contributed by atoms with Crippen LogP contribution in [-0.4, -0.2) is 85.9 Å². The number of benzene rings is 2. The Balaban J connectivity index is 1.54.